The summed E-state index contributed by atoms with van der Waals surface area (Å²) in [5, 5.41) is 23.6. The number of rotatable bonds is 3. The van der Waals surface area contributed by atoms with Crippen molar-refractivity contribution in [1.29, 1.82) is 5.26 Å². The molecule has 5 nitrogen and oxygen atoms in total. The predicted octanol–water partition coefficient (Wildman–Crippen LogP) is -0.386. The molecule has 0 aromatic carbocycles. The van der Waals surface area contributed by atoms with Crippen LogP contribution in [0.4, 0.5) is 0 Å². The Bertz CT molecular complexity index is 267. The second-order valence-corrected chi connectivity index (χ2v) is 1.81. The third-order valence-corrected chi connectivity index (χ3v) is 0.758. The van der Waals surface area contributed by atoms with Crippen LogP contribution < -0.4 is 0 Å². The molecule has 0 aromatic heterocycles. The van der Waals surface area contributed by atoms with Gasteiger partial charge in [0, 0.05) is 11.6 Å². The van der Waals surface area contributed by atoms with E-state index in [4.69, 9.17) is 15.5 Å². The minimum absolute atomic E-state index is 0. The molecule has 14 heavy (non-hydrogen) atoms. The van der Waals surface area contributed by atoms with E-state index in [9.17, 15) is 9.59 Å². The second kappa shape index (κ2) is 11.5. The molecule has 0 aliphatic carbocycles. The van der Waals surface area contributed by atoms with Gasteiger partial charge in [-0.2, -0.15) is 5.26 Å². The molecule has 0 rings (SSSR count). The molecule has 0 heterocycles. The summed E-state index contributed by atoms with van der Waals surface area (Å²) in [6.07, 6.45) is 0.676. The summed E-state index contributed by atoms with van der Waals surface area (Å²) >= 11 is 0. The first-order chi connectivity index (χ1) is 5.95. The topological polar surface area (TPSA) is 98.4 Å². The van der Waals surface area contributed by atoms with Gasteiger partial charge in [0.1, 0.15) is 0 Å². The van der Waals surface area contributed by atoms with E-state index in [-0.39, 0.29) is 23.5 Å². The van der Waals surface area contributed by atoms with E-state index in [0.717, 1.165) is 0 Å². The first-order valence-corrected chi connectivity index (χ1v) is 3.09. The van der Waals surface area contributed by atoms with E-state index in [1.54, 1.807) is 6.07 Å². The van der Waals surface area contributed by atoms with Gasteiger partial charge in [0.05, 0.1) is 12.5 Å². The fraction of sp³-hybridized carbons (Fsp3) is 0.125. The number of nitriles is 1. The van der Waals surface area contributed by atoms with Gasteiger partial charge in [-0.1, -0.05) is 13.2 Å². The molecular formula is C8H12AsNO4. The molecule has 78 valence electrons. The molecule has 1 unspecified atom stereocenters. The van der Waals surface area contributed by atoms with Gasteiger partial charge in [0.25, 0.3) is 0 Å². The molecule has 0 bridgehead atoms. The second-order valence-electron chi connectivity index (χ2n) is 1.81. The molecule has 0 amide bonds. The van der Waals surface area contributed by atoms with Gasteiger partial charge in [-0.3, -0.25) is 4.79 Å². The zero-order valence-corrected chi connectivity index (χ0v) is 10.5. The summed E-state index contributed by atoms with van der Waals surface area (Å²) in [6.45, 7) is 6.13. The molecule has 0 radical (unpaired) electrons. The number of nitrogens with zero attached hydrogens (tertiary/aromatic N) is 1. The van der Waals surface area contributed by atoms with E-state index in [2.05, 4.69) is 13.2 Å². The van der Waals surface area contributed by atoms with Crippen LogP contribution >= 0.6 is 0 Å². The number of hydrogen-bond acceptors (Lipinski definition) is 3. The number of carbonyl (C=O) groups is 2. The Balaban J connectivity index is -0.000000209. The van der Waals surface area contributed by atoms with Crippen molar-refractivity contribution in [1.82, 2.24) is 0 Å². The Hall–Kier alpha value is -1.53. The first-order valence-electron chi connectivity index (χ1n) is 3.09. The van der Waals surface area contributed by atoms with Crippen LogP contribution in [0.2, 0.25) is 0 Å². The van der Waals surface area contributed by atoms with Crippen LogP contribution in [0, 0.1) is 11.3 Å². The summed E-state index contributed by atoms with van der Waals surface area (Å²) in [4.78, 5) is 19.7. The minimum atomic E-state index is -1.27. The zero-order chi connectivity index (χ0) is 10.9. The Morgan fingerprint density at radius 1 is 1.43 bits per heavy atom. The van der Waals surface area contributed by atoms with Crippen molar-refractivity contribution in [2.45, 2.75) is 6.42 Å². The third-order valence-electron chi connectivity index (χ3n) is 0.758. The molecule has 0 spiro atoms. The molecule has 0 aromatic rings. The van der Waals surface area contributed by atoms with Crippen LogP contribution in [-0.2, 0) is 9.59 Å². The SMILES string of the molecule is C=C(CC(=O)O)C(=O)O.C=CC#N.[AsH3]. The Morgan fingerprint density at radius 3 is 1.86 bits per heavy atom. The van der Waals surface area contributed by atoms with E-state index < -0.39 is 18.4 Å². The molecule has 0 fully saturated rings. The van der Waals surface area contributed by atoms with Gasteiger partial charge in [-0.05, 0) is 0 Å². The van der Waals surface area contributed by atoms with Crippen molar-refractivity contribution in [3.05, 3.63) is 24.8 Å². The Morgan fingerprint density at radius 2 is 1.79 bits per heavy atom. The van der Waals surface area contributed by atoms with E-state index >= 15 is 0 Å². The average molecular weight is 261 g/mol. The fourth-order valence-electron chi connectivity index (χ4n) is 0.258. The predicted molar refractivity (Wildman–Crippen MR) is 54.8 cm³/mol. The molecule has 2 N–H and O–H groups in total. The van der Waals surface area contributed by atoms with Crippen LogP contribution in [0.15, 0.2) is 24.8 Å². The molecule has 0 saturated carbocycles. The monoisotopic (exact) mass is 261 g/mol. The molecule has 0 aliphatic rings. The summed E-state index contributed by atoms with van der Waals surface area (Å²) in [7, 11) is 0. The Kier molecular flexibility index (Phi) is 15.0. The van der Waals surface area contributed by atoms with Crippen molar-refractivity contribution in [3.63, 3.8) is 0 Å². The van der Waals surface area contributed by atoms with Crippen molar-refractivity contribution in [2.75, 3.05) is 0 Å². The Labute approximate surface area is 92.7 Å². The van der Waals surface area contributed by atoms with Gasteiger partial charge in [0.15, 0.2) is 0 Å². The number of carboxylic acid groups (broad SMARTS) is 2. The van der Waals surface area contributed by atoms with E-state index in [1.165, 1.54) is 6.08 Å². The van der Waals surface area contributed by atoms with Crippen LogP contribution in [0.1, 0.15) is 6.42 Å². The van der Waals surface area contributed by atoms with Gasteiger partial charge in [-0.15, -0.1) is 0 Å². The van der Waals surface area contributed by atoms with Gasteiger partial charge < -0.3 is 10.2 Å². The molecule has 0 aliphatic heterocycles. The number of carboxylic acids is 2. The molecule has 0 saturated heterocycles. The quantitative estimate of drug-likeness (QED) is 0.409. The van der Waals surface area contributed by atoms with Crippen LogP contribution in [0.3, 0.4) is 0 Å². The fourth-order valence-corrected chi connectivity index (χ4v) is 0.258. The standard InChI is InChI=1S/C5H6O4.C3H3N.AsH3/c1-3(5(8)9)2-4(6)7;1-2-3-4;/h1-2H2,(H,6,7)(H,8,9);2H,1H2;1H3. The van der Waals surface area contributed by atoms with Gasteiger partial charge in [0.2, 0.25) is 0 Å². The summed E-state index contributed by atoms with van der Waals surface area (Å²) < 4.78 is 0. The summed E-state index contributed by atoms with van der Waals surface area (Å²) in [5.41, 5.74) is -0.303. The number of aliphatic carboxylic acids is 2. The van der Waals surface area contributed by atoms with E-state index in [0.29, 0.717) is 0 Å². The molecular weight excluding hydrogens is 249 g/mol. The van der Waals surface area contributed by atoms with Gasteiger partial charge in [-0.25, -0.2) is 4.79 Å². The number of allylic oxidation sites excluding steroid dienone is 1. The summed E-state index contributed by atoms with van der Waals surface area (Å²) in [5.74, 6) is -2.44. The van der Waals surface area contributed by atoms with Crippen molar-refractivity contribution in [2.24, 2.45) is 0 Å². The maximum absolute atomic E-state index is 9.87. The maximum atomic E-state index is 9.87. The first kappa shape index (κ1) is 18.3. The van der Waals surface area contributed by atoms with E-state index in [1.807, 2.05) is 0 Å². The normalized spacial score (nSPS) is 6.50. The number of hydrogen-bond donors (Lipinski definition) is 2. The van der Waals surface area contributed by atoms with Crippen molar-refractivity contribution in [3.8, 4) is 6.07 Å². The molecule has 1 atom stereocenters. The summed E-state index contributed by atoms with van der Waals surface area (Å²) in [6, 6.07) is 1.69. The van der Waals surface area contributed by atoms with Gasteiger partial charge >= 0.3 is 29.9 Å². The van der Waals surface area contributed by atoms with Crippen LogP contribution in [0.5, 0.6) is 0 Å². The third kappa shape index (κ3) is 16.8. The van der Waals surface area contributed by atoms with Crippen LogP contribution in [0.25, 0.3) is 0 Å². The van der Waals surface area contributed by atoms with Crippen LogP contribution in [-0.4, -0.2) is 40.1 Å². The van der Waals surface area contributed by atoms with Crippen molar-refractivity contribution >= 4 is 29.9 Å². The zero-order valence-electron chi connectivity index (χ0n) is 7.56. The average Bonchev–Trinajstić information content (AvgIpc) is 2.03. The van der Waals surface area contributed by atoms with Crippen molar-refractivity contribution < 1.29 is 19.8 Å². The molecule has 6 heteroatoms.